The molecular formula is C16H28N2. The van der Waals surface area contributed by atoms with Crippen LogP contribution in [0.5, 0.6) is 0 Å². The van der Waals surface area contributed by atoms with Crippen LogP contribution in [0.2, 0.25) is 0 Å². The van der Waals surface area contributed by atoms with Crippen molar-refractivity contribution in [2.24, 2.45) is 0 Å². The topological polar surface area (TPSA) is 15.3 Å². The minimum atomic E-state index is 0.588. The van der Waals surface area contributed by atoms with Crippen molar-refractivity contribution in [3.8, 4) is 0 Å². The van der Waals surface area contributed by atoms with Gasteiger partial charge in [-0.15, -0.1) is 0 Å². The molecule has 1 aromatic carbocycles. The van der Waals surface area contributed by atoms with E-state index in [0.717, 1.165) is 13.1 Å². The van der Waals surface area contributed by atoms with Crippen molar-refractivity contribution < 1.29 is 0 Å². The van der Waals surface area contributed by atoms with Crippen molar-refractivity contribution in [1.29, 1.82) is 0 Å². The number of nitrogens with zero attached hydrogens (tertiary/aromatic N) is 1. The highest BCUT2D eigenvalue weighted by Crippen LogP contribution is 2.09. The van der Waals surface area contributed by atoms with E-state index in [9.17, 15) is 0 Å². The summed E-state index contributed by atoms with van der Waals surface area (Å²) in [6.45, 7) is 9.97. The standard InChI is InChI=1S/C16H28N2/c1-14(2)17-11-13-18(4)12-7-10-16-9-6-5-8-15(16)3/h5-6,8-9,14,17H,7,10-13H2,1-4H3. The lowest BCUT2D eigenvalue weighted by Crippen LogP contribution is -2.33. The van der Waals surface area contributed by atoms with Crippen molar-refractivity contribution in [2.45, 2.75) is 39.7 Å². The van der Waals surface area contributed by atoms with Gasteiger partial charge in [0.25, 0.3) is 0 Å². The van der Waals surface area contributed by atoms with Gasteiger partial charge in [-0.25, -0.2) is 0 Å². The van der Waals surface area contributed by atoms with E-state index in [2.05, 4.69) is 62.3 Å². The zero-order chi connectivity index (χ0) is 13.4. The number of rotatable bonds is 8. The summed E-state index contributed by atoms with van der Waals surface area (Å²) in [5.74, 6) is 0. The Balaban J connectivity index is 2.15. The molecule has 0 aliphatic carbocycles. The lowest BCUT2D eigenvalue weighted by molar-refractivity contribution is 0.323. The molecule has 0 saturated heterocycles. The summed E-state index contributed by atoms with van der Waals surface area (Å²) >= 11 is 0. The summed E-state index contributed by atoms with van der Waals surface area (Å²) in [4.78, 5) is 2.41. The molecule has 0 unspecified atom stereocenters. The van der Waals surface area contributed by atoms with Crippen LogP contribution in [0.4, 0.5) is 0 Å². The molecule has 1 rings (SSSR count). The van der Waals surface area contributed by atoms with E-state index in [1.54, 1.807) is 0 Å². The van der Waals surface area contributed by atoms with E-state index in [1.807, 2.05) is 0 Å². The van der Waals surface area contributed by atoms with Crippen molar-refractivity contribution in [2.75, 3.05) is 26.7 Å². The molecule has 102 valence electrons. The van der Waals surface area contributed by atoms with Crippen LogP contribution in [-0.4, -0.2) is 37.6 Å². The minimum absolute atomic E-state index is 0.588. The predicted octanol–water partition coefficient (Wildman–Crippen LogP) is 2.86. The maximum Gasteiger partial charge on any atom is 0.0104 e. The molecule has 1 aromatic rings. The Kier molecular flexibility index (Phi) is 6.99. The van der Waals surface area contributed by atoms with Crippen LogP contribution in [0, 0.1) is 6.92 Å². The first-order chi connectivity index (χ1) is 8.59. The molecule has 0 atom stereocenters. The number of aryl methyl sites for hydroxylation is 2. The van der Waals surface area contributed by atoms with E-state index in [4.69, 9.17) is 0 Å². The number of likely N-dealkylation sites (N-methyl/N-ethyl adjacent to an activating group) is 1. The van der Waals surface area contributed by atoms with E-state index in [-0.39, 0.29) is 0 Å². The molecular weight excluding hydrogens is 220 g/mol. The summed E-state index contributed by atoms with van der Waals surface area (Å²) in [7, 11) is 2.21. The number of hydrogen-bond donors (Lipinski definition) is 1. The SMILES string of the molecule is Cc1ccccc1CCCN(C)CCNC(C)C. The van der Waals surface area contributed by atoms with Gasteiger partial charge in [0.05, 0.1) is 0 Å². The highest BCUT2D eigenvalue weighted by Gasteiger charge is 2.01. The highest BCUT2D eigenvalue weighted by molar-refractivity contribution is 5.25. The van der Waals surface area contributed by atoms with Gasteiger partial charge in [0, 0.05) is 19.1 Å². The van der Waals surface area contributed by atoms with Gasteiger partial charge in [-0.2, -0.15) is 0 Å². The molecule has 0 amide bonds. The molecule has 18 heavy (non-hydrogen) atoms. The third kappa shape index (κ3) is 6.18. The molecule has 0 aromatic heterocycles. The van der Waals surface area contributed by atoms with Gasteiger partial charge in [-0.3, -0.25) is 0 Å². The second-order valence-corrected chi connectivity index (χ2v) is 5.44. The molecule has 0 fully saturated rings. The third-order valence-electron chi connectivity index (χ3n) is 3.29. The maximum atomic E-state index is 3.45. The summed E-state index contributed by atoms with van der Waals surface area (Å²) in [5, 5.41) is 3.45. The van der Waals surface area contributed by atoms with E-state index >= 15 is 0 Å². The first kappa shape index (κ1) is 15.2. The van der Waals surface area contributed by atoms with Crippen molar-refractivity contribution >= 4 is 0 Å². The first-order valence-corrected chi connectivity index (χ1v) is 7.06. The molecule has 2 heteroatoms. The second-order valence-electron chi connectivity index (χ2n) is 5.44. The normalized spacial score (nSPS) is 11.4. The monoisotopic (exact) mass is 248 g/mol. The Bertz CT molecular complexity index is 334. The van der Waals surface area contributed by atoms with Gasteiger partial charge < -0.3 is 10.2 Å². The molecule has 0 radical (unpaired) electrons. The zero-order valence-electron chi connectivity index (χ0n) is 12.4. The average molecular weight is 248 g/mol. The minimum Gasteiger partial charge on any atom is -0.313 e. The third-order valence-corrected chi connectivity index (χ3v) is 3.29. The van der Waals surface area contributed by atoms with Gasteiger partial charge in [-0.05, 0) is 44.5 Å². The van der Waals surface area contributed by atoms with Crippen molar-refractivity contribution in [3.05, 3.63) is 35.4 Å². The van der Waals surface area contributed by atoms with E-state index in [0.29, 0.717) is 6.04 Å². The lowest BCUT2D eigenvalue weighted by atomic mass is 10.0. The highest BCUT2D eigenvalue weighted by atomic mass is 15.1. The maximum absolute atomic E-state index is 3.45. The fourth-order valence-electron chi connectivity index (χ4n) is 2.09. The Hall–Kier alpha value is -0.860. The summed E-state index contributed by atoms with van der Waals surface area (Å²) in [6.07, 6.45) is 2.43. The molecule has 0 spiro atoms. The van der Waals surface area contributed by atoms with Gasteiger partial charge in [0.2, 0.25) is 0 Å². The Morgan fingerprint density at radius 2 is 1.89 bits per heavy atom. The summed E-state index contributed by atoms with van der Waals surface area (Å²) < 4.78 is 0. The first-order valence-electron chi connectivity index (χ1n) is 7.06. The zero-order valence-corrected chi connectivity index (χ0v) is 12.4. The smallest absolute Gasteiger partial charge is 0.0104 e. The van der Waals surface area contributed by atoms with Gasteiger partial charge in [-0.1, -0.05) is 38.1 Å². The number of nitrogens with one attached hydrogen (secondary N) is 1. The molecule has 0 heterocycles. The van der Waals surface area contributed by atoms with Crippen LogP contribution in [0.25, 0.3) is 0 Å². The Morgan fingerprint density at radius 3 is 2.56 bits per heavy atom. The largest absolute Gasteiger partial charge is 0.313 e. The van der Waals surface area contributed by atoms with Gasteiger partial charge in [0.15, 0.2) is 0 Å². The molecule has 0 aliphatic heterocycles. The quantitative estimate of drug-likeness (QED) is 0.761. The fourth-order valence-corrected chi connectivity index (χ4v) is 2.09. The second kappa shape index (κ2) is 8.28. The van der Waals surface area contributed by atoms with Crippen LogP contribution >= 0.6 is 0 Å². The van der Waals surface area contributed by atoms with Crippen LogP contribution < -0.4 is 5.32 Å². The number of benzene rings is 1. The molecule has 0 aliphatic rings. The Morgan fingerprint density at radius 1 is 1.17 bits per heavy atom. The van der Waals surface area contributed by atoms with Crippen LogP contribution in [0.3, 0.4) is 0 Å². The summed E-state index contributed by atoms with van der Waals surface area (Å²) in [6, 6.07) is 9.29. The van der Waals surface area contributed by atoms with E-state index < -0.39 is 0 Å². The predicted molar refractivity (Wildman–Crippen MR) is 80.1 cm³/mol. The van der Waals surface area contributed by atoms with Gasteiger partial charge in [0.1, 0.15) is 0 Å². The van der Waals surface area contributed by atoms with E-state index in [1.165, 1.54) is 30.5 Å². The van der Waals surface area contributed by atoms with Gasteiger partial charge >= 0.3 is 0 Å². The molecule has 0 saturated carbocycles. The molecule has 2 nitrogen and oxygen atoms in total. The van der Waals surface area contributed by atoms with Crippen molar-refractivity contribution in [1.82, 2.24) is 10.2 Å². The Labute approximate surface area is 112 Å². The molecule has 1 N–H and O–H groups in total. The fraction of sp³-hybridized carbons (Fsp3) is 0.625. The number of hydrogen-bond acceptors (Lipinski definition) is 2. The van der Waals surface area contributed by atoms with Crippen LogP contribution in [-0.2, 0) is 6.42 Å². The molecule has 0 bridgehead atoms. The van der Waals surface area contributed by atoms with Crippen LogP contribution in [0.15, 0.2) is 24.3 Å². The lowest BCUT2D eigenvalue weighted by Gasteiger charge is -2.18. The van der Waals surface area contributed by atoms with Crippen LogP contribution in [0.1, 0.15) is 31.4 Å². The summed E-state index contributed by atoms with van der Waals surface area (Å²) in [5.41, 5.74) is 2.91. The average Bonchev–Trinajstić information content (AvgIpc) is 2.31. The van der Waals surface area contributed by atoms with Crippen molar-refractivity contribution in [3.63, 3.8) is 0 Å².